The van der Waals surface area contributed by atoms with Gasteiger partial charge in [0.15, 0.2) is 28.4 Å². The van der Waals surface area contributed by atoms with Crippen LogP contribution in [0.5, 0.6) is 0 Å². The molecule has 3 amide bonds. The Morgan fingerprint density at radius 2 is 1.28 bits per heavy atom. The number of esters is 1. The first-order chi connectivity index (χ1) is 32.6. The Balaban J connectivity index is 1.15. The van der Waals surface area contributed by atoms with Gasteiger partial charge in [0.05, 0.1) is 12.3 Å². The van der Waals surface area contributed by atoms with Crippen LogP contribution in [-0.4, -0.2) is 71.8 Å². The molecule has 0 bridgehead atoms. The Bertz CT molecular complexity index is 2830. The van der Waals surface area contributed by atoms with E-state index in [-0.39, 0.29) is 35.1 Å². The quantitative estimate of drug-likeness (QED) is 0.0252. The van der Waals surface area contributed by atoms with Crippen molar-refractivity contribution in [3.8, 4) is 0 Å². The first kappa shape index (κ1) is 46.9. The smallest absolute Gasteiger partial charge is 0.413 e. The van der Waals surface area contributed by atoms with Crippen LogP contribution < -0.4 is 10.6 Å². The number of aromatic nitrogens is 1. The number of benzene rings is 5. The van der Waals surface area contributed by atoms with Gasteiger partial charge in [-0.05, 0) is 38.3 Å². The molecular weight excluding hydrogens is 907 g/mol. The molecule has 2 N–H and O–H groups in total. The lowest BCUT2D eigenvalue weighted by Crippen LogP contribution is -2.72. The van der Waals surface area contributed by atoms with Crippen LogP contribution in [0, 0.1) is 0 Å². The topological polar surface area (TPSA) is 192 Å². The van der Waals surface area contributed by atoms with E-state index in [1.807, 2.05) is 103 Å². The van der Waals surface area contributed by atoms with Gasteiger partial charge in [-0.15, -0.1) is 11.3 Å². The number of allylic oxidation sites excluding steroid dienone is 1. The Kier molecular flexibility index (Phi) is 13.6. The molecule has 5 aromatic carbocycles. The summed E-state index contributed by atoms with van der Waals surface area (Å²) < 4.78 is 41.9. The number of anilines is 1. The molecule has 17 heteroatoms. The fourth-order valence-corrected chi connectivity index (χ4v) is 9.27. The average Bonchev–Trinajstić information content (AvgIpc) is 3.78. The van der Waals surface area contributed by atoms with Crippen molar-refractivity contribution in [1.82, 2.24) is 15.2 Å². The number of fused-ring (bicyclic) bond motifs is 1. The number of nitrogens with zero attached hydrogens (tertiary/aromatic N) is 3. The SMILES string of the molecule is CC(C)(C)OC(=O)Nc1nc(/C(=N/OC(c2ccccc2)(c2ccccc2)c2ccccc2)C(=O)N[C@@H]2C(=O)N3C(C(=O)OC(c4ccccc4)c4ccccc4)=C(OS(C)(=O)=O)CC[C@@H]23)cs1. The lowest BCUT2D eigenvalue weighted by atomic mass is 9.80. The highest BCUT2D eigenvalue weighted by Gasteiger charge is 2.55. The van der Waals surface area contributed by atoms with Crippen molar-refractivity contribution in [1.29, 1.82) is 0 Å². The first-order valence-corrected chi connectivity index (χ1v) is 24.3. The Morgan fingerprint density at radius 1 is 0.779 bits per heavy atom. The second-order valence-corrected chi connectivity index (χ2v) is 19.3. The van der Waals surface area contributed by atoms with E-state index in [1.54, 1.807) is 69.3 Å². The number of carbonyl (C=O) groups excluding carboxylic acids is 4. The Morgan fingerprint density at radius 3 is 1.76 bits per heavy atom. The van der Waals surface area contributed by atoms with Gasteiger partial charge in [-0.3, -0.25) is 19.8 Å². The molecular formula is C51H47N5O10S2. The van der Waals surface area contributed by atoms with Gasteiger partial charge in [-0.1, -0.05) is 157 Å². The normalized spacial score (nSPS) is 16.3. The molecule has 1 aromatic heterocycles. The van der Waals surface area contributed by atoms with E-state index in [2.05, 4.69) is 20.8 Å². The minimum Gasteiger partial charge on any atom is -0.448 e. The number of carbonyl (C=O) groups is 4. The number of rotatable bonds is 15. The molecule has 2 aliphatic heterocycles. The van der Waals surface area contributed by atoms with Crippen molar-refractivity contribution in [2.45, 2.75) is 63.0 Å². The van der Waals surface area contributed by atoms with Crippen molar-refractivity contribution < 1.29 is 46.1 Å². The molecule has 0 spiro atoms. The third-order valence-electron chi connectivity index (χ3n) is 10.9. The van der Waals surface area contributed by atoms with E-state index in [1.165, 1.54) is 5.38 Å². The zero-order chi connectivity index (χ0) is 48.1. The number of ether oxygens (including phenoxy) is 2. The van der Waals surface area contributed by atoms with Gasteiger partial charge in [0.2, 0.25) is 5.60 Å². The maximum atomic E-state index is 14.8. The van der Waals surface area contributed by atoms with Gasteiger partial charge in [-0.2, -0.15) is 8.42 Å². The van der Waals surface area contributed by atoms with Gasteiger partial charge in [0, 0.05) is 28.5 Å². The number of amides is 3. The van der Waals surface area contributed by atoms with Crippen LogP contribution >= 0.6 is 11.3 Å². The molecule has 68 heavy (non-hydrogen) atoms. The predicted molar refractivity (Wildman–Crippen MR) is 254 cm³/mol. The van der Waals surface area contributed by atoms with Gasteiger partial charge < -0.3 is 23.8 Å². The highest BCUT2D eigenvalue weighted by Crippen LogP contribution is 2.42. The van der Waals surface area contributed by atoms with E-state index in [0.717, 1.165) is 22.5 Å². The molecule has 0 saturated carbocycles. The summed E-state index contributed by atoms with van der Waals surface area (Å²) >= 11 is 1.00. The predicted octanol–water partition coefficient (Wildman–Crippen LogP) is 8.21. The average molecular weight is 954 g/mol. The summed E-state index contributed by atoms with van der Waals surface area (Å²) in [5, 5.41) is 11.6. The van der Waals surface area contributed by atoms with Crippen LogP contribution in [0.3, 0.4) is 0 Å². The monoisotopic (exact) mass is 953 g/mol. The molecule has 2 aliphatic rings. The van der Waals surface area contributed by atoms with Crippen LogP contribution in [0.2, 0.25) is 0 Å². The fourth-order valence-electron chi connectivity index (χ4n) is 8.07. The zero-order valence-electron chi connectivity index (χ0n) is 37.4. The van der Waals surface area contributed by atoms with E-state index in [4.69, 9.17) is 18.5 Å². The lowest BCUT2D eigenvalue weighted by molar-refractivity contribution is -0.159. The van der Waals surface area contributed by atoms with Crippen LogP contribution in [-0.2, 0) is 48.6 Å². The molecule has 348 valence electrons. The van der Waals surface area contributed by atoms with Crippen LogP contribution in [0.25, 0.3) is 0 Å². The van der Waals surface area contributed by atoms with Crippen LogP contribution in [0.15, 0.2) is 174 Å². The standard InChI is InChI=1S/C51H47N5O10S2/c1-50(2,3)64-49(60)54-48-52-38(32-67-48)41(55-66-51(35-24-14-7-15-25-35,36-26-16-8-17-27-36)37-28-18-9-19-29-37)45(57)53-42-39-30-31-40(65-68(4,61)62)43(56(39)46(42)58)47(59)63-44(33-20-10-5-11-21-33)34-22-12-6-13-23-34/h5-29,32,39,42,44H,30-31H2,1-4H3,(H,53,57)(H,52,54,60)/b55-41-/t39-,42-/m0/s1. The maximum absolute atomic E-state index is 14.8. The summed E-state index contributed by atoms with van der Waals surface area (Å²) in [6.07, 6.45) is -0.868. The van der Waals surface area contributed by atoms with E-state index >= 15 is 0 Å². The molecule has 8 rings (SSSR count). The zero-order valence-corrected chi connectivity index (χ0v) is 39.0. The van der Waals surface area contributed by atoms with Gasteiger partial charge in [-0.25, -0.2) is 14.6 Å². The molecule has 2 atom stereocenters. The minimum atomic E-state index is -4.17. The minimum absolute atomic E-state index is 0.00483. The van der Waals surface area contributed by atoms with E-state index < -0.39 is 69.1 Å². The molecule has 0 radical (unpaired) electrons. The second kappa shape index (κ2) is 19.7. The third kappa shape index (κ3) is 10.3. The number of nitrogens with one attached hydrogen (secondary N) is 2. The highest BCUT2D eigenvalue weighted by atomic mass is 32.2. The molecule has 1 saturated heterocycles. The van der Waals surface area contributed by atoms with Crippen molar-refractivity contribution in [2.24, 2.45) is 5.16 Å². The highest BCUT2D eigenvalue weighted by molar-refractivity contribution is 7.86. The molecule has 15 nitrogen and oxygen atoms in total. The van der Waals surface area contributed by atoms with Crippen molar-refractivity contribution in [3.05, 3.63) is 202 Å². The van der Waals surface area contributed by atoms with E-state index in [9.17, 15) is 27.6 Å². The molecule has 0 aliphatic carbocycles. The maximum Gasteiger partial charge on any atom is 0.413 e. The first-order valence-electron chi connectivity index (χ1n) is 21.6. The summed E-state index contributed by atoms with van der Waals surface area (Å²) in [6.45, 7) is 5.15. The molecule has 1 fully saturated rings. The summed E-state index contributed by atoms with van der Waals surface area (Å²) in [5.41, 5.74) is 0.305. The lowest BCUT2D eigenvalue weighted by Gasteiger charge is -2.49. The van der Waals surface area contributed by atoms with Crippen LogP contribution in [0.4, 0.5) is 9.93 Å². The number of β-lactam (4-membered cyclic amide) rings is 1. The van der Waals surface area contributed by atoms with Gasteiger partial charge in [0.25, 0.3) is 11.8 Å². The molecule has 6 aromatic rings. The number of hydrogen-bond acceptors (Lipinski definition) is 13. The number of oxime groups is 1. The number of hydrogen-bond donors (Lipinski definition) is 2. The molecule has 3 heterocycles. The molecule has 0 unspecified atom stereocenters. The summed E-state index contributed by atoms with van der Waals surface area (Å²) in [4.78, 5) is 68.7. The summed E-state index contributed by atoms with van der Waals surface area (Å²) in [6, 6.07) is 43.9. The van der Waals surface area contributed by atoms with E-state index in [0.29, 0.717) is 27.8 Å². The fraction of sp³-hybridized carbons (Fsp3) is 0.216. The largest absolute Gasteiger partial charge is 0.448 e. The second-order valence-electron chi connectivity index (χ2n) is 16.9. The third-order valence-corrected chi connectivity index (χ3v) is 12.2. The van der Waals surface area contributed by atoms with Gasteiger partial charge in [0.1, 0.15) is 17.3 Å². The van der Waals surface area contributed by atoms with Crippen molar-refractivity contribution in [2.75, 3.05) is 11.6 Å². The van der Waals surface area contributed by atoms with Crippen LogP contribution in [0.1, 0.15) is 73.2 Å². The Hall–Kier alpha value is -7.63. The summed E-state index contributed by atoms with van der Waals surface area (Å²) in [7, 11) is -4.17. The van der Waals surface area contributed by atoms with Gasteiger partial charge >= 0.3 is 22.2 Å². The summed E-state index contributed by atoms with van der Waals surface area (Å²) in [5.74, 6) is -2.89. The number of thiazole rings is 1. The Labute approximate surface area is 397 Å². The van der Waals surface area contributed by atoms with Crippen molar-refractivity contribution >= 4 is 56.2 Å². The van der Waals surface area contributed by atoms with Crippen molar-refractivity contribution in [3.63, 3.8) is 0 Å².